The number of carbonyl (C=O) groups excluding carboxylic acids is 1. The largest absolute Gasteiger partial charge is 0.467 e. The second kappa shape index (κ2) is 5.72. The van der Waals surface area contributed by atoms with E-state index in [2.05, 4.69) is 37.9 Å². The summed E-state index contributed by atoms with van der Waals surface area (Å²) in [5.41, 5.74) is 2.38. The first kappa shape index (κ1) is 15.3. The number of ether oxygens (including phenoxy) is 1. The van der Waals surface area contributed by atoms with Gasteiger partial charge in [-0.2, -0.15) is 0 Å². The molecule has 1 aromatic carbocycles. The number of hydrogen-bond acceptors (Lipinski definition) is 3. The average molecular weight is 286 g/mol. The Morgan fingerprint density at radius 2 is 1.86 bits per heavy atom. The van der Waals surface area contributed by atoms with Gasteiger partial charge in [0.1, 0.15) is 11.9 Å². The minimum absolute atomic E-state index is 0.118. The van der Waals surface area contributed by atoms with Crippen molar-refractivity contribution in [1.82, 2.24) is 9.55 Å². The molecule has 0 fully saturated rings. The molecule has 0 radical (unpaired) electrons. The second-order valence-electron chi connectivity index (χ2n) is 6.18. The standard InChI is InChI=1S/C17H22N2O2/c1-12(16(20)21-5)19-11-10-18-15(19)13-6-8-14(9-7-13)17(2,3)4/h6-12H,1-5H3. The molecule has 1 heterocycles. The molecule has 0 aliphatic carbocycles. The summed E-state index contributed by atoms with van der Waals surface area (Å²) in [6.45, 7) is 8.35. The summed E-state index contributed by atoms with van der Waals surface area (Å²) in [4.78, 5) is 16.1. The second-order valence-corrected chi connectivity index (χ2v) is 6.18. The van der Waals surface area contributed by atoms with E-state index in [1.165, 1.54) is 12.7 Å². The zero-order chi connectivity index (χ0) is 15.6. The highest BCUT2D eigenvalue weighted by molar-refractivity contribution is 5.74. The van der Waals surface area contributed by atoms with Crippen LogP contribution in [0.1, 0.15) is 39.3 Å². The smallest absolute Gasteiger partial charge is 0.328 e. The maximum absolute atomic E-state index is 11.7. The molecule has 2 aromatic rings. The molecular formula is C17H22N2O2. The molecule has 1 atom stereocenters. The molecule has 0 saturated heterocycles. The van der Waals surface area contributed by atoms with Crippen molar-refractivity contribution in [2.45, 2.75) is 39.2 Å². The van der Waals surface area contributed by atoms with Gasteiger partial charge in [-0.1, -0.05) is 45.0 Å². The lowest BCUT2D eigenvalue weighted by Gasteiger charge is -2.19. The van der Waals surface area contributed by atoms with Crippen LogP contribution in [0.25, 0.3) is 11.4 Å². The van der Waals surface area contributed by atoms with E-state index in [1.807, 2.05) is 16.7 Å². The number of benzene rings is 1. The van der Waals surface area contributed by atoms with Crippen molar-refractivity contribution in [3.05, 3.63) is 42.2 Å². The number of rotatable bonds is 3. The Morgan fingerprint density at radius 1 is 1.24 bits per heavy atom. The fourth-order valence-corrected chi connectivity index (χ4v) is 2.25. The average Bonchev–Trinajstić information content (AvgIpc) is 2.94. The molecule has 112 valence electrons. The Hall–Kier alpha value is -2.10. The van der Waals surface area contributed by atoms with Crippen molar-refractivity contribution >= 4 is 5.97 Å². The van der Waals surface area contributed by atoms with Gasteiger partial charge in [-0.05, 0) is 17.9 Å². The number of esters is 1. The molecule has 0 amide bonds. The van der Waals surface area contributed by atoms with Crippen LogP contribution in [0.5, 0.6) is 0 Å². The van der Waals surface area contributed by atoms with Crippen LogP contribution < -0.4 is 0 Å². The van der Waals surface area contributed by atoms with E-state index in [9.17, 15) is 4.79 Å². The molecule has 0 N–H and O–H groups in total. The van der Waals surface area contributed by atoms with Crippen molar-refractivity contribution in [3.63, 3.8) is 0 Å². The van der Waals surface area contributed by atoms with Gasteiger partial charge in [-0.3, -0.25) is 0 Å². The fraction of sp³-hybridized carbons (Fsp3) is 0.412. The van der Waals surface area contributed by atoms with Gasteiger partial charge in [0.25, 0.3) is 0 Å². The van der Waals surface area contributed by atoms with Crippen molar-refractivity contribution in [2.75, 3.05) is 7.11 Å². The zero-order valence-corrected chi connectivity index (χ0v) is 13.3. The lowest BCUT2D eigenvalue weighted by atomic mass is 9.86. The maximum atomic E-state index is 11.7. The van der Waals surface area contributed by atoms with Crippen LogP contribution in [0, 0.1) is 0 Å². The Morgan fingerprint density at radius 3 is 2.38 bits per heavy atom. The molecule has 0 bridgehead atoms. The van der Waals surface area contributed by atoms with E-state index in [-0.39, 0.29) is 11.4 Å². The van der Waals surface area contributed by atoms with Crippen LogP contribution >= 0.6 is 0 Å². The Bertz CT molecular complexity index is 621. The van der Waals surface area contributed by atoms with Crippen LogP contribution in [0.3, 0.4) is 0 Å². The van der Waals surface area contributed by atoms with Crippen LogP contribution in [0.2, 0.25) is 0 Å². The first-order valence-corrected chi connectivity index (χ1v) is 7.06. The summed E-state index contributed by atoms with van der Waals surface area (Å²) in [6, 6.07) is 7.91. The van der Waals surface area contributed by atoms with Crippen molar-refractivity contribution in [3.8, 4) is 11.4 Å². The third-order valence-corrected chi connectivity index (χ3v) is 3.64. The van der Waals surface area contributed by atoms with Crippen molar-refractivity contribution < 1.29 is 9.53 Å². The Kier molecular flexibility index (Phi) is 4.16. The van der Waals surface area contributed by atoms with Gasteiger partial charge in [0.2, 0.25) is 0 Å². The van der Waals surface area contributed by atoms with E-state index in [1.54, 1.807) is 19.3 Å². The molecule has 21 heavy (non-hydrogen) atoms. The molecule has 0 aliphatic rings. The molecule has 0 saturated carbocycles. The molecule has 2 rings (SSSR count). The topological polar surface area (TPSA) is 44.1 Å². The van der Waals surface area contributed by atoms with Crippen molar-refractivity contribution in [2.24, 2.45) is 0 Å². The lowest BCUT2D eigenvalue weighted by molar-refractivity contribution is -0.143. The SMILES string of the molecule is COC(=O)C(C)n1ccnc1-c1ccc(C(C)(C)C)cc1. The van der Waals surface area contributed by atoms with E-state index < -0.39 is 6.04 Å². The molecule has 0 aliphatic heterocycles. The van der Waals surface area contributed by atoms with E-state index in [4.69, 9.17) is 4.74 Å². The van der Waals surface area contributed by atoms with Crippen LogP contribution in [0.15, 0.2) is 36.7 Å². The summed E-state index contributed by atoms with van der Waals surface area (Å²) in [7, 11) is 1.40. The van der Waals surface area contributed by atoms with E-state index in [0.29, 0.717) is 0 Å². The first-order chi connectivity index (χ1) is 9.84. The molecule has 1 unspecified atom stereocenters. The van der Waals surface area contributed by atoms with Gasteiger partial charge in [0, 0.05) is 18.0 Å². The highest BCUT2D eigenvalue weighted by atomic mass is 16.5. The van der Waals surface area contributed by atoms with Crippen LogP contribution in [-0.2, 0) is 14.9 Å². The third kappa shape index (κ3) is 3.15. The normalized spacial score (nSPS) is 13.0. The number of hydrogen-bond donors (Lipinski definition) is 0. The van der Waals surface area contributed by atoms with Gasteiger partial charge in [-0.15, -0.1) is 0 Å². The molecule has 4 nitrogen and oxygen atoms in total. The predicted molar refractivity (Wildman–Crippen MR) is 83.1 cm³/mol. The number of carbonyl (C=O) groups is 1. The Balaban J connectivity index is 2.36. The van der Waals surface area contributed by atoms with Crippen molar-refractivity contribution in [1.29, 1.82) is 0 Å². The summed E-state index contributed by atoms with van der Waals surface area (Å²) in [5.74, 6) is 0.494. The van der Waals surface area contributed by atoms with Crippen LogP contribution in [0.4, 0.5) is 0 Å². The number of aromatic nitrogens is 2. The molecule has 0 spiro atoms. The van der Waals surface area contributed by atoms with Gasteiger partial charge < -0.3 is 9.30 Å². The number of methoxy groups -OCH3 is 1. The van der Waals surface area contributed by atoms with Crippen LogP contribution in [-0.4, -0.2) is 22.6 Å². The summed E-state index contributed by atoms with van der Waals surface area (Å²) >= 11 is 0. The monoisotopic (exact) mass is 286 g/mol. The summed E-state index contributed by atoms with van der Waals surface area (Å²) in [5, 5.41) is 0. The van der Waals surface area contributed by atoms with Gasteiger partial charge in [0.05, 0.1) is 7.11 Å². The minimum atomic E-state index is -0.394. The Labute approximate surface area is 125 Å². The highest BCUT2D eigenvalue weighted by Gasteiger charge is 2.19. The zero-order valence-electron chi connectivity index (χ0n) is 13.3. The lowest BCUT2D eigenvalue weighted by Crippen LogP contribution is -2.18. The minimum Gasteiger partial charge on any atom is -0.467 e. The number of nitrogens with zero attached hydrogens (tertiary/aromatic N) is 2. The van der Waals surface area contributed by atoms with Gasteiger partial charge in [0.15, 0.2) is 0 Å². The van der Waals surface area contributed by atoms with E-state index >= 15 is 0 Å². The maximum Gasteiger partial charge on any atom is 0.328 e. The summed E-state index contributed by atoms with van der Waals surface area (Å²) < 4.78 is 6.63. The molecule has 1 aromatic heterocycles. The molecule has 4 heteroatoms. The van der Waals surface area contributed by atoms with Gasteiger partial charge in [-0.25, -0.2) is 9.78 Å². The predicted octanol–water partition coefficient (Wildman–Crippen LogP) is 3.58. The fourth-order valence-electron chi connectivity index (χ4n) is 2.25. The number of imidazole rings is 1. The quantitative estimate of drug-likeness (QED) is 0.810. The van der Waals surface area contributed by atoms with E-state index in [0.717, 1.165) is 11.4 Å². The third-order valence-electron chi connectivity index (χ3n) is 3.64. The first-order valence-electron chi connectivity index (χ1n) is 7.06. The highest BCUT2D eigenvalue weighted by Crippen LogP contribution is 2.26. The molecular weight excluding hydrogens is 264 g/mol. The summed E-state index contributed by atoms with van der Waals surface area (Å²) in [6.07, 6.45) is 3.50. The van der Waals surface area contributed by atoms with Gasteiger partial charge >= 0.3 is 5.97 Å².